The largest absolute Gasteiger partial charge is 0.480 e. The van der Waals surface area contributed by atoms with Gasteiger partial charge in [0.05, 0.1) is 16.2 Å². The van der Waals surface area contributed by atoms with Gasteiger partial charge in [-0.25, -0.2) is 9.18 Å². The minimum atomic E-state index is -1.16. The Morgan fingerprint density at radius 3 is 2.65 bits per heavy atom. The molecule has 3 rings (SSSR count). The molecule has 0 aliphatic heterocycles. The van der Waals surface area contributed by atoms with E-state index in [0.29, 0.717) is 29.7 Å². The number of rotatable bonds is 5. The summed E-state index contributed by atoms with van der Waals surface area (Å²) in [7, 11) is 0. The molecular formula is C18H17FN2O4S. The lowest BCUT2D eigenvalue weighted by Crippen LogP contribution is -2.42. The fourth-order valence-corrected chi connectivity index (χ4v) is 4.12. The van der Waals surface area contributed by atoms with Crippen LogP contribution in [-0.2, 0) is 17.6 Å². The zero-order valence-corrected chi connectivity index (χ0v) is 14.6. The summed E-state index contributed by atoms with van der Waals surface area (Å²) in [4.78, 5) is 24.9. The topological polar surface area (TPSA) is 99.0 Å². The zero-order chi connectivity index (χ0) is 18.7. The maximum absolute atomic E-state index is 13.0. The number of aliphatic carboxylic acids is 1. The summed E-state index contributed by atoms with van der Waals surface area (Å²) in [6, 6.07) is 4.36. The molecule has 1 amide bonds. The first-order chi connectivity index (χ1) is 12.5. The van der Waals surface area contributed by atoms with Crippen LogP contribution in [0.5, 0.6) is 0 Å². The number of carboxylic acids is 1. The third-order valence-corrected chi connectivity index (χ3v) is 5.39. The summed E-state index contributed by atoms with van der Waals surface area (Å²) in [5.74, 6) is -2.04. The lowest BCUT2D eigenvalue weighted by molar-refractivity contribution is -0.139. The summed E-state index contributed by atoms with van der Waals surface area (Å²) in [5.41, 5.74) is 2.37. The minimum absolute atomic E-state index is 0.0526. The van der Waals surface area contributed by atoms with Gasteiger partial charge in [0.2, 0.25) is 0 Å². The van der Waals surface area contributed by atoms with Crippen molar-refractivity contribution in [3.63, 3.8) is 0 Å². The standard InChI is InChI=1S/C18H17FN2O4S/c19-11-6-4-10(5-7-11)8-15(18(23)24)20-17(22)13-9-26-16-12(13)2-1-3-14(16)21-25/h4-7,9,15,25H,1-3,8H2,(H,20,22)(H,23,24). The first-order valence-electron chi connectivity index (χ1n) is 8.09. The molecule has 1 heterocycles. The van der Waals surface area contributed by atoms with Crippen molar-refractivity contribution in [2.24, 2.45) is 5.16 Å². The molecule has 0 radical (unpaired) electrons. The smallest absolute Gasteiger partial charge is 0.326 e. The number of amides is 1. The number of fused-ring (bicyclic) bond motifs is 1. The van der Waals surface area contributed by atoms with Crippen LogP contribution >= 0.6 is 11.3 Å². The average Bonchev–Trinajstić information content (AvgIpc) is 3.07. The number of benzene rings is 1. The lowest BCUT2D eigenvalue weighted by Gasteiger charge is -2.17. The summed E-state index contributed by atoms with van der Waals surface area (Å²) in [6.45, 7) is 0. The molecule has 1 aliphatic rings. The number of oxime groups is 1. The molecule has 0 saturated heterocycles. The minimum Gasteiger partial charge on any atom is -0.480 e. The monoisotopic (exact) mass is 376 g/mol. The molecule has 0 fully saturated rings. The quantitative estimate of drug-likeness (QED) is 0.552. The van der Waals surface area contributed by atoms with Crippen LogP contribution in [0.4, 0.5) is 4.39 Å². The fraction of sp³-hybridized carbons (Fsp3) is 0.278. The van der Waals surface area contributed by atoms with Gasteiger partial charge in [0.25, 0.3) is 5.91 Å². The number of carbonyl (C=O) groups excluding carboxylic acids is 1. The molecule has 1 aromatic heterocycles. The van der Waals surface area contributed by atoms with Gasteiger partial charge in [0, 0.05) is 11.8 Å². The van der Waals surface area contributed by atoms with Gasteiger partial charge in [0.15, 0.2) is 0 Å². The Morgan fingerprint density at radius 1 is 1.27 bits per heavy atom. The lowest BCUT2D eigenvalue weighted by atomic mass is 9.94. The molecule has 26 heavy (non-hydrogen) atoms. The summed E-state index contributed by atoms with van der Waals surface area (Å²) >= 11 is 1.31. The Bertz CT molecular complexity index is 861. The summed E-state index contributed by atoms with van der Waals surface area (Å²) in [5, 5.41) is 26.0. The van der Waals surface area contributed by atoms with Crippen molar-refractivity contribution < 1.29 is 24.3 Å². The molecule has 1 aliphatic carbocycles. The van der Waals surface area contributed by atoms with Crippen LogP contribution in [0.25, 0.3) is 0 Å². The Balaban J connectivity index is 1.78. The molecule has 0 saturated carbocycles. The Kier molecular flexibility index (Phi) is 5.32. The summed E-state index contributed by atoms with van der Waals surface area (Å²) in [6.07, 6.45) is 2.14. The number of nitrogens with zero attached hydrogens (tertiary/aromatic N) is 1. The molecule has 6 nitrogen and oxygen atoms in total. The van der Waals surface area contributed by atoms with Crippen LogP contribution < -0.4 is 5.32 Å². The van der Waals surface area contributed by atoms with E-state index in [1.807, 2.05) is 0 Å². The Morgan fingerprint density at radius 2 is 2.00 bits per heavy atom. The zero-order valence-electron chi connectivity index (χ0n) is 13.7. The van der Waals surface area contributed by atoms with E-state index in [1.165, 1.54) is 35.6 Å². The van der Waals surface area contributed by atoms with Crippen molar-refractivity contribution in [1.82, 2.24) is 5.32 Å². The molecule has 2 aromatic rings. The molecule has 8 heteroatoms. The van der Waals surface area contributed by atoms with E-state index in [2.05, 4.69) is 10.5 Å². The number of thiophene rings is 1. The van der Waals surface area contributed by atoms with Crippen molar-refractivity contribution >= 4 is 28.9 Å². The highest BCUT2D eigenvalue weighted by Gasteiger charge is 2.27. The predicted octanol–water partition coefficient (Wildman–Crippen LogP) is 2.83. The van der Waals surface area contributed by atoms with E-state index in [0.717, 1.165) is 16.9 Å². The second kappa shape index (κ2) is 7.65. The number of carboxylic acid groups (broad SMARTS) is 1. The van der Waals surface area contributed by atoms with E-state index >= 15 is 0 Å². The molecular weight excluding hydrogens is 359 g/mol. The van der Waals surface area contributed by atoms with E-state index < -0.39 is 23.7 Å². The highest BCUT2D eigenvalue weighted by atomic mass is 32.1. The number of halogens is 1. The number of carbonyl (C=O) groups is 2. The van der Waals surface area contributed by atoms with Crippen LogP contribution in [0.15, 0.2) is 34.8 Å². The van der Waals surface area contributed by atoms with Crippen molar-refractivity contribution in [2.45, 2.75) is 31.7 Å². The SMILES string of the molecule is O=C(NC(Cc1ccc(F)cc1)C(=O)O)c1csc2c1CCCC2=NO. The van der Waals surface area contributed by atoms with Gasteiger partial charge in [-0.3, -0.25) is 4.79 Å². The maximum atomic E-state index is 13.0. The molecule has 136 valence electrons. The summed E-state index contributed by atoms with van der Waals surface area (Å²) < 4.78 is 13.0. The van der Waals surface area contributed by atoms with Crippen LogP contribution in [0.3, 0.4) is 0 Å². The molecule has 1 aromatic carbocycles. The molecule has 0 bridgehead atoms. The second-order valence-electron chi connectivity index (χ2n) is 6.05. The Labute approximate surface area is 153 Å². The number of nitrogens with one attached hydrogen (secondary N) is 1. The third-order valence-electron chi connectivity index (χ3n) is 4.32. The molecule has 0 spiro atoms. The van der Waals surface area contributed by atoms with Crippen LogP contribution in [0.1, 0.15) is 39.2 Å². The first-order valence-corrected chi connectivity index (χ1v) is 8.97. The van der Waals surface area contributed by atoms with Crippen molar-refractivity contribution in [3.8, 4) is 0 Å². The molecule has 3 N–H and O–H groups in total. The van der Waals surface area contributed by atoms with Crippen molar-refractivity contribution in [1.29, 1.82) is 0 Å². The van der Waals surface area contributed by atoms with Gasteiger partial charge in [-0.2, -0.15) is 0 Å². The van der Waals surface area contributed by atoms with Gasteiger partial charge in [-0.1, -0.05) is 17.3 Å². The Hall–Kier alpha value is -2.74. The van der Waals surface area contributed by atoms with E-state index in [4.69, 9.17) is 5.21 Å². The van der Waals surface area contributed by atoms with Crippen LogP contribution in [0.2, 0.25) is 0 Å². The third kappa shape index (κ3) is 3.75. The van der Waals surface area contributed by atoms with Crippen molar-refractivity contribution in [3.05, 3.63) is 57.0 Å². The van der Waals surface area contributed by atoms with Crippen LogP contribution in [0, 0.1) is 5.82 Å². The van der Waals surface area contributed by atoms with Gasteiger partial charge in [-0.15, -0.1) is 11.3 Å². The van der Waals surface area contributed by atoms with E-state index in [9.17, 15) is 19.1 Å². The second-order valence-corrected chi connectivity index (χ2v) is 6.93. The fourth-order valence-electron chi connectivity index (χ4n) is 3.00. The normalized spacial score (nSPS) is 16.1. The van der Waals surface area contributed by atoms with Gasteiger partial charge < -0.3 is 15.6 Å². The highest BCUT2D eigenvalue weighted by molar-refractivity contribution is 7.12. The van der Waals surface area contributed by atoms with E-state index in [1.54, 1.807) is 5.38 Å². The molecule has 1 atom stereocenters. The highest BCUT2D eigenvalue weighted by Crippen LogP contribution is 2.30. The van der Waals surface area contributed by atoms with Gasteiger partial charge in [-0.05, 0) is 42.5 Å². The number of hydrogen-bond donors (Lipinski definition) is 3. The van der Waals surface area contributed by atoms with Crippen molar-refractivity contribution in [2.75, 3.05) is 0 Å². The van der Waals surface area contributed by atoms with Gasteiger partial charge in [0.1, 0.15) is 11.9 Å². The maximum Gasteiger partial charge on any atom is 0.326 e. The van der Waals surface area contributed by atoms with Crippen LogP contribution in [-0.4, -0.2) is 33.9 Å². The number of hydrogen-bond acceptors (Lipinski definition) is 5. The predicted molar refractivity (Wildman–Crippen MR) is 94.6 cm³/mol. The molecule has 1 unspecified atom stereocenters. The average molecular weight is 376 g/mol. The van der Waals surface area contributed by atoms with Gasteiger partial charge >= 0.3 is 5.97 Å². The first kappa shape index (κ1) is 18.1. The van der Waals surface area contributed by atoms with E-state index in [-0.39, 0.29) is 6.42 Å².